The SMILES string of the molecule is CC#CCC1CC(N)CCC1(C)C. The third kappa shape index (κ3) is 2.74. The molecular formula is C12H21N. The molecule has 1 aliphatic carbocycles. The molecule has 0 aromatic heterocycles. The highest BCUT2D eigenvalue weighted by Crippen LogP contribution is 2.41. The van der Waals surface area contributed by atoms with Gasteiger partial charge in [0.1, 0.15) is 0 Å². The van der Waals surface area contributed by atoms with E-state index < -0.39 is 0 Å². The van der Waals surface area contributed by atoms with E-state index in [1.807, 2.05) is 6.92 Å². The van der Waals surface area contributed by atoms with E-state index in [-0.39, 0.29) is 0 Å². The molecule has 0 aromatic carbocycles. The van der Waals surface area contributed by atoms with Crippen molar-refractivity contribution >= 4 is 0 Å². The first-order valence-electron chi connectivity index (χ1n) is 5.21. The average Bonchev–Trinajstić information content (AvgIpc) is 2.07. The summed E-state index contributed by atoms with van der Waals surface area (Å²) in [6.07, 6.45) is 4.62. The molecule has 0 aromatic rings. The summed E-state index contributed by atoms with van der Waals surface area (Å²) in [6, 6.07) is 0.414. The zero-order valence-electron chi connectivity index (χ0n) is 9.06. The number of hydrogen-bond donors (Lipinski definition) is 1. The maximum Gasteiger partial charge on any atom is 0.0123 e. The average molecular weight is 179 g/mol. The Morgan fingerprint density at radius 3 is 2.77 bits per heavy atom. The van der Waals surface area contributed by atoms with Crippen LogP contribution >= 0.6 is 0 Å². The molecule has 74 valence electrons. The maximum absolute atomic E-state index is 5.97. The van der Waals surface area contributed by atoms with Crippen LogP contribution in [0.25, 0.3) is 0 Å². The molecule has 0 heterocycles. The number of nitrogens with two attached hydrogens (primary N) is 1. The van der Waals surface area contributed by atoms with Gasteiger partial charge in [0.2, 0.25) is 0 Å². The smallest absolute Gasteiger partial charge is 0.0123 e. The van der Waals surface area contributed by atoms with Crippen molar-refractivity contribution in [3.8, 4) is 11.8 Å². The second-order valence-corrected chi connectivity index (χ2v) is 4.85. The topological polar surface area (TPSA) is 26.0 Å². The fourth-order valence-electron chi connectivity index (χ4n) is 2.15. The molecule has 1 heteroatoms. The highest BCUT2D eigenvalue weighted by atomic mass is 14.6. The van der Waals surface area contributed by atoms with Gasteiger partial charge in [0, 0.05) is 12.5 Å². The van der Waals surface area contributed by atoms with Gasteiger partial charge in [-0.3, -0.25) is 0 Å². The van der Waals surface area contributed by atoms with Crippen LogP contribution in [0.5, 0.6) is 0 Å². The summed E-state index contributed by atoms with van der Waals surface area (Å²) >= 11 is 0. The summed E-state index contributed by atoms with van der Waals surface area (Å²) in [6.45, 7) is 6.61. The molecule has 2 N–H and O–H groups in total. The Morgan fingerprint density at radius 1 is 1.46 bits per heavy atom. The van der Waals surface area contributed by atoms with Crippen molar-refractivity contribution in [2.75, 3.05) is 0 Å². The van der Waals surface area contributed by atoms with Gasteiger partial charge in [0.05, 0.1) is 0 Å². The molecule has 1 fully saturated rings. The van der Waals surface area contributed by atoms with Crippen LogP contribution in [-0.2, 0) is 0 Å². The van der Waals surface area contributed by atoms with Crippen molar-refractivity contribution in [1.29, 1.82) is 0 Å². The molecule has 13 heavy (non-hydrogen) atoms. The predicted octanol–water partition coefficient (Wildman–Crippen LogP) is 2.55. The first-order chi connectivity index (χ1) is 6.06. The first kappa shape index (κ1) is 10.6. The highest BCUT2D eigenvalue weighted by Gasteiger charge is 2.34. The van der Waals surface area contributed by atoms with Gasteiger partial charge < -0.3 is 5.73 Å². The van der Waals surface area contributed by atoms with Crippen LogP contribution in [-0.4, -0.2) is 6.04 Å². The standard InChI is InChI=1S/C12H21N/c1-4-5-6-10-9-11(13)7-8-12(10,2)3/h10-11H,6-9,13H2,1-3H3. The van der Waals surface area contributed by atoms with Crippen molar-refractivity contribution in [3.05, 3.63) is 0 Å². The van der Waals surface area contributed by atoms with Crippen molar-refractivity contribution in [2.45, 2.75) is 52.5 Å². The Morgan fingerprint density at radius 2 is 2.15 bits per heavy atom. The van der Waals surface area contributed by atoms with Gasteiger partial charge in [0.25, 0.3) is 0 Å². The highest BCUT2D eigenvalue weighted by molar-refractivity contribution is 5.00. The fourth-order valence-corrected chi connectivity index (χ4v) is 2.15. The summed E-state index contributed by atoms with van der Waals surface area (Å²) in [5.41, 5.74) is 6.41. The van der Waals surface area contributed by atoms with Crippen LogP contribution in [0.4, 0.5) is 0 Å². The summed E-state index contributed by atoms with van der Waals surface area (Å²) < 4.78 is 0. The Kier molecular flexibility index (Phi) is 3.39. The van der Waals surface area contributed by atoms with E-state index in [1.54, 1.807) is 0 Å². The van der Waals surface area contributed by atoms with Gasteiger partial charge in [-0.2, -0.15) is 0 Å². The van der Waals surface area contributed by atoms with Gasteiger partial charge in [-0.05, 0) is 37.5 Å². The lowest BCUT2D eigenvalue weighted by atomic mass is 9.66. The molecule has 0 radical (unpaired) electrons. The van der Waals surface area contributed by atoms with Crippen molar-refractivity contribution in [3.63, 3.8) is 0 Å². The Bertz CT molecular complexity index is 219. The molecule has 2 unspecified atom stereocenters. The molecule has 0 amide bonds. The van der Waals surface area contributed by atoms with Gasteiger partial charge in [-0.15, -0.1) is 11.8 Å². The third-order valence-electron chi connectivity index (χ3n) is 3.38. The van der Waals surface area contributed by atoms with Gasteiger partial charge in [-0.25, -0.2) is 0 Å². The van der Waals surface area contributed by atoms with E-state index in [0.717, 1.165) is 12.8 Å². The monoisotopic (exact) mass is 179 g/mol. The van der Waals surface area contributed by atoms with E-state index in [4.69, 9.17) is 5.73 Å². The minimum atomic E-state index is 0.414. The normalized spacial score (nSPS) is 32.0. The second kappa shape index (κ2) is 4.15. The summed E-state index contributed by atoms with van der Waals surface area (Å²) in [5.74, 6) is 6.86. The lowest BCUT2D eigenvalue weighted by Crippen LogP contribution is -2.37. The predicted molar refractivity (Wildman–Crippen MR) is 57.2 cm³/mol. The molecular weight excluding hydrogens is 158 g/mol. The molecule has 0 aliphatic heterocycles. The van der Waals surface area contributed by atoms with Crippen LogP contribution < -0.4 is 5.73 Å². The van der Waals surface area contributed by atoms with Gasteiger partial charge in [0.15, 0.2) is 0 Å². The molecule has 1 nitrogen and oxygen atoms in total. The molecule has 0 saturated heterocycles. The van der Waals surface area contributed by atoms with E-state index in [0.29, 0.717) is 17.4 Å². The minimum absolute atomic E-state index is 0.414. The molecule has 1 saturated carbocycles. The molecule has 0 bridgehead atoms. The fraction of sp³-hybridized carbons (Fsp3) is 0.833. The zero-order valence-corrected chi connectivity index (χ0v) is 9.06. The first-order valence-corrected chi connectivity index (χ1v) is 5.21. The lowest BCUT2D eigenvalue weighted by Gasteiger charge is -2.40. The van der Waals surface area contributed by atoms with Crippen LogP contribution in [0.3, 0.4) is 0 Å². The Labute approximate surface area is 82.1 Å². The molecule has 1 aliphatic rings. The molecule has 1 rings (SSSR count). The Balaban J connectivity index is 2.59. The zero-order chi connectivity index (χ0) is 9.90. The van der Waals surface area contributed by atoms with Crippen molar-refractivity contribution < 1.29 is 0 Å². The van der Waals surface area contributed by atoms with Gasteiger partial charge >= 0.3 is 0 Å². The van der Waals surface area contributed by atoms with E-state index in [2.05, 4.69) is 25.7 Å². The van der Waals surface area contributed by atoms with Crippen molar-refractivity contribution in [2.24, 2.45) is 17.1 Å². The van der Waals surface area contributed by atoms with E-state index >= 15 is 0 Å². The lowest BCUT2D eigenvalue weighted by molar-refractivity contribution is 0.128. The van der Waals surface area contributed by atoms with Crippen LogP contribution in [0.1, 0.15) is 46.5 Å². The second-order valence-electron chi connectivity index (χ2n) is 4.85. The number of rotatable bonds is 1. The molecule has 2 atom stereocenters. The van der Waals surface area contributed by atoms with Crippen LogP contribution in [0.2, 0.25) is 0 Å². The largest absolute Gasteiger partial charge is 0.328 e. The summed E-state index contributed by atoms with van der Waals surface area (Å²) in [7, 11) is 0. The third-order valence-corrected chi connectivity index (χ3v) is 3.38. The van der Waals surface area contributed by atoms with Crippen LogP contribution in [0, 0.1) is 23.2 Å². The summed E-state index contributed by atoms with van der Waals surface area (Å²) in [5, 5.41) is 0. The van der Waals surface area contributed by atoms with Crippen LogP contribution in [0.15, 0.2) is 0 Å². The summed E-state index contributed by atoms with van der Waals surface area (Å²) in [4.78, 5) is 0. The van der Waals surface area contributed by atoms with E-state index in [9.17, 15) is 0 Å². The minimum Gasteiger partial charge on any atom is -0.328 e. The van der Waals surface area contributed by atoms with Gasteiger partial charge in [-0.1, -0.05) is 13.8 Å². The quantitative estimate of drug-likeness (QED) is 0.615. The Hall–Kier alpha value is -0.480. The molecule has 0 spiro atoms. The number of hydrogen-bond acceptors (Lipinski definition) is 1. The van der Waals surface area contributed by atoms with Crippen molar-refractivity contribution in [1.82, 2.24) is 0 Å². The maximum atomic E-state index is 5.97. The van der Waals surface area contributed by atoms with E-state index in [1.165, 1.54) is 12.8 Å².